The average molecular weight is 587 g/mol. The zero-order valence-corrected chi connectivity index (χ0v) is 25.0. The second-order valence-corrected chi connectivity index (χ2v) is 10.5. The van der Waals surface area contributed by atoms with Crippen LogP contribution in [0.2, 0.25) is 0 Å². The van der Waals surface area contributed by atoms with Crippen molar-refractivity contribution >= 4 is 11.9 Å². The zero-order chi connectivity index (χ0) is 30.3. The lowest BCUT2D eigenvalue weighted by Crippen LogP contribution is -2.59. The highest BCUT2D eigenvalue weighted by molar-refractivity contribution is 5.70. The Balaban J connectivity index is 2.46. The fourth-order valence-corrected chi connectivity index (χ4v) is 4.34. The fraction of sp³-hybridized carbons (Fsp3) is 0.806. The van der Waals surface area contributed by atoms with Gasteiger partial charge in [0.15, 0.2) is 12.4 Å². The summed E-state index contributed by atoms with van der Waals surface area (Å²) in [5.41, 5.74) is 0. The van der Waals surface area contributed by atoms with Crippen molar-refractivity contribution in [2.75, 3.05) is 19.8 Å². The third-order valence-electron chi connectivity index (χ3n) is 6.85. The first-order valence-corrected chi connectivity index (χ1v) is 15.4. The number of carbonyl (C=O) groups is 2. The van der Waals surface area contributed by atoms with Crippen LogP contribution in [0.1, 0.15) is 104 Å². The van der Waals surface area contributed by atoms with Gasteiger partial charge in [-0.05, 0) is 38.5 Å². The molecule has 1 heterocycles. The summed E-state index contributed by atoms with van der Waals surface area (Å²) in [6, 6.07) is 0. The normalized spacial score (nSPS) is 23.7. The molecule has 1 saturated heterocycles. The molecule has 4 N–H and O–H groups in total. The van der Waals surface area contributed by atoms with E-state index in [-0.39, 0.29) is 26.1 Å². The topological polar surface area (TPSA) is 152 Å². The summed E-state index contributed by atoms with van der Waals surface area (Å²) in [6.07, 6.45) is 12.7. The van der Waals surface area contributed by atoms with Gasteiger partial charge in [0.25, 0.3) is 0 Å². The number of allylic oxidation sites excluding steroid dienone is 4. The number of unbranched alkanes of at least 4 members (excludes halogenated alkanes) is 8. The summed E-state index contributed by atoms with van der Waals surface area (Å²) >= 11 is 0. The number of aliphatic hydroxyl groups excluding tert-OH is 4. The van der Waals surface area contributed by atoms with Gasteiger partial charge in [-0.3, -0.25) is 9.59 Å². The van der Waals surface area contributed by atoms with E-state index in [1.165, 1.54) is 0 Å². The van der Waals surface area contributed by atoms with Crippen molar-refractivity contribution in [1.29, 1.82) is 0 Å². The first-order valence-electron chi connectivity index (χ1n) is 15.4. The van der Waals surface area contributed by atoms with Gasteiger partial charge in [-0.1, -0.05) is 76.7 Å². The van der Waals surface area contributed by atoms with E-state index < -0.39 is 55.4 Å². The van der Waals surface area contributed by atoms with Gasteiger partial charge in [0.2, 0.25) is 0 Å². The maximum Gasteiger partial charge on any atom is 0.306 e. The largest absolute Gasteiger partial charge is 0.462 e. The van der Waals surface area contributed by atoms with Crippen molar-refractivity contribution in [2.45, 2.75) is 141 Å². The molecule has 0 aromatic heterocycles. The molecule has 238 valence electrons. The first kappa shape index (κ1) is 37.2. The van der Waals surface area contributed by atoms with E-state index in [2.05, 4.69) is 38.2 Å². The molecule has 41 heavy (non-hydrogen) atoms. The van der Waals surface area contributed by atoms with E-state index in [0.717, 1.165) is 64.2 Å². The van der Waals surface area contributed by atoms with Gasteiger partial charge in [-0.2, -0.15) is 0 Å². The van der Waals surface area contributed by atoms with Gasteiger partial charge in [0.1, 0.15) is 31.0 Å². The van der Waals surface area contributed by atoms with E-state index >= 15 is 0 Å². The van der Waals surface area contributed by atoms with Gasteiger partial charge in [-0.25, -0.2) is 0 Å². The second-order valence-electron chi connectivity index (χ2n) is 10.5. The average Bonchev–Trinajstić information content (AvgIpc) is 2.96. The number of hydrogen-bond donors (Lipinski definition) is 4. The van der Waals surface area contributed by atoms with Gasteiger partial charge < -0.3 is 39.4 Å². The predicted molar refractivity (Wildman–Crippen MR) is 155 cm³/mol. The molecule has 0 saturated carbocycles. The molecule has 1 rings (SSSR count). The predicted octanol–water partition coefficient (Wildman–Crippen LogP) is 3.87. The number of hydrogen-bond acceptors (Lipinski definition) is 10. The summed E-state index contributed by atoms with van der Waals surface area (Å²) in [5, 5.41) is 39.5. The van der Waals surface area contributed by atoms with Crippen molar-refractivity contribution in [3.05, 3.63) is 24.3 Å². The molecule has 0 aromatic rings. The van der Waals surface area contributed by atoms with E-state index in [9.17, 15) is 30.0 Å². The summed E-state index contributed by atoms with van der Waals surface area (Å²) in [4.78, 5) is 24.7. The summed E-state index contributed by atoms with van der Waals surface area (Å²) in [6.45, 7) is 3.11. The van der Waals surface area contributed by atoms with Crippen molar-refractivity contribution in [1.82, 2.24) is 0 Å². The van der Waals surface area contributed by atoms with E-state index in [1.54, 1.807) is 0 Å². The smallest absolute Gasteiger partial charge is 0.306 e. The minimum Gasteiger partial charge on any atom is -0.462 e. The lowest BCUT2D eigenvalue weighted by Gasteiger charge is -2.39. The molecule has 10 nitrogen and oxygen atoms in total. The Labute approximate surface area is 245 Å². The van der Waals surface area contributed by atoms with Crippen LogP contribution in [0.25, 0.3) is 0 Å². The molecule has 0 amide bonds. The molecule has 0 aliphatic carbocycles. The number of ether oxygens (including phenoxy) is 4. The summed E-state index contributed by atoms with van der Waals surface area (Å²) in [5.74, 6) is -0.850. The molecule has 0 radical (unpaired) electrons. The van der Waals surface area contributed by atoms with Crippen LogP contribution < -0.4 is 0 Å². The van der Waals surface area contributed by atoms with Crippen molar-refractivity contribution in [3.63, 3.8) is 0 Å². The number of rotatable bonds is 23. The van der Waals surface area contributed by atoms with Gasteiger partial charge in [0, 0.05) is 12.8 Å². The Morgan fingerprint density at radius 2 is 1.44 bits per heavy atom. The number of carbonyl (C=O) groups excluding carboxylic acids is 2. The molecular formula is C31H54O10. The van der Waals surface area contributed by atoms with Crippen LogP contribution in [0.4, 0.5) is 0 Å². The molecule has 0 aromatic carbocycles. The Hall–Kier alpha value is -1.82. The zero-order valence-electron chi connectivity index (χ0n) is 25.0. The third kappa shape index (κ3) is 17.0. The lowest BCUT2D eigenvalue weighted by molar-refractivity contribution is -0.305. The van der Waals surface area contributed by atoms with E-state index in [1.807, 2.05) is 0 Å². The Bertz CT molecular complexity index is 738. The van der Waals surface area contributed by atoms with Crippen molar-refractivity contribution in [2.24, 2.45) is 0 Å². The van der Waals surface area contributed by atoms with Crippen LogP contribution in [0, 0.1) is 0 Å². The highest BCUT2D eigenvalue weighted by Gasteiger charge is 2.44. The number of esters is 2. The Kier molecular flexibility index (Phi) is 21.5. The minimum absolute atomic E-state index is 0.213. The van der Waals surface area contributed by atoms with Gasteiger partial charge in [0.05, 0.1) is 13.2 Å². The molecular weight excluding hydrogens is 532 g/mol. The first-order chi connectivity index (χ1) is 19.8. The minimum atomic E-state index is -1.59. The summed E-state index contributed by atoms with van der Waals surface area (Å²) < 4.78 is 21.7. The molecule has 0 unspecified atom stereocenters. The highest BCUT2D eigenvalue weighted by Crippen LogP contribution is 2.22. The van der Waals surface area contributed by atoms with Crippen LogP contribution in [0.5, 0.6) is 0 Å². The quantitative estimate of drug-likeness (QED) is 0.0789. The maximum absolute atomic E-state index is 12.5. The van der Waals surface area contributed by atoms with Crippen molar-refractivity contribution in [3.8, 4) is 0 Å². The van der Waals surface area contributed by atoms with Crippen LogP contribution in [-0.2, 0) is 28.5 Å². The molecule has 0 bridgehead atoms. The molecule has 6 atom stereocenters. The molecule has 1 aliphatic heterocycles. The summed E-state index contributed by atoms with van der Waals surface area (Å²) in [7, 11) is 0. The van der Waals surface area contributed by atoms with Crippen LogP contribution in [-0.4, -0.2) is 89.0 Å². The standard InChI is InChI=1S/C31H54O10/c1-3-5-7-9-10-11-12-13-14-15-16-18-20-27(34)40-24(22-38-26(33)19-17-8-6-4-2)23-39-31-30(37)29(36)28(35)25(21-32)41-31/h5,7,10-11,24-25,28-32,35-37H,3-4,6,8-9,12-23H2,1-2H3/b7-5+,11-10-/t24-,25-,28+,29+,30-,31-/m1/s1. The molecule has 10 heteroatoms. The third-order valence-corrected chi connectivity index (χ3v) is 6.85. The van der Waals surface area contributed by atoms with E-state index in [4.69, 9.17) is 18.9 Å². The molecule has 1 aliphatic rings. The van der Waals surface area contributed by atoms with Gasteiger partial charge >= 0.3 is 11.9 Å². The Morgan fingerprint density at radius 1 is 0.780 bits per heavy atom. The Morgan fingerprint density at radius 3 is 2.15 bits per heavy atom. The monoisotopic (exact) mass is 586 g/mol. The van der Waals surface area contributed by atoms with Crippen molar-refractivity contribution < 1.29 is 49.0 Å². The van der Waals surface area contributed by atoms with Crippen LogP contribution in [0.3, 0.4) is 0 Å². The van der Waals surface area contributed by atoms with Crippen LogP contribution in [0.15, 0.2) is 24.3 Å². The second kappa shape index (κ2) is 23.7. The highest BCUT2D eigenvalue weighted by atomic mass is 16.7. The molecule has 1 fully saturated rings. The van der Waals surface area contributed by atoms with Gasteiger partial charge in [-0.15, -0.1) is 0 Å². The molecule has 0 spiro atoms. The van der Waals surface area contributed by atoms with Crippen LogP contribution >= 0.6 is 0 Å². The lowest BCUT2D eigenvalue weighted by atomic mass is 9.99. The number of aliphatic hydroxyl groups is 4. The fourth-order valence-electron chi connectivity index (χ4n) is 4.34. The van der Waals surface area contributed by atoms with E-state index in [0.29, 0.717) is 12.8 Å². The maximum atomic E-state index is 12.5. The SMILES string of the molecule is CC/C=C/C/C=C\CCCCCCCC(=O)O[C@H](COC(=O)CCCCCC)CO[C@@H]1O[C@H](CO)[C@H](O)[C@H](O)[C@H]1O.